The molecule has 1 saturated carbocycles. The summed E-state index contributed by atoms with van der Waals surface area (Å²) < 4.78 is 57.4. The summed E-state index contributed by atoms with van der Waals surface area (Å²) in [4.78, 5) is 10.2. The molecule has 0 atom stereocenters. The number of hydrogen-bond acceptors (Lipinski definition) is 5. The number of rotatable bonds is 2. The lowest BCUT2D eigenvalue weighted by atomic mass is 10.0. The number of aromatic nitrogens is 3. The van der Waals surface area contributed by atoms with Gasteiger partial charge in [-0.05, 0) is 56.7 Å². The Morgan fingerprint density at radius 1 is 1.17 bits per heavy atom. The van der Waals surface area contributed by atoms with Crippen molar-refractivity contribution in [1.29, 1.82) is 10.8 Å². The van der Waals surface area contributed by atoms with Gasteiger partial charge in [-0.1, -0.05) is 11.8 Å². The zero-order chi connectivity index (χ0) is 24.9. The fourth-order valence-electron chi connectivity index (χ4n) is 4.51. The van der Waals surface area contributed by atoms with Gasteiger partial charge in [0.1, 0.15) is 11.7 Å². The summed E-state index contributed by atoms with van der Waals surface area (Å²) >= 11 is 0. The number of alkyl halides is 2. The van der Waals surface area contributed by atoms with Gasteiger partial charge in [-0.25, -0.2) is 17.6 Å². The van der Waals surface area contributed by atoms with Gasteiger partial charge in [0.15, 0.2) is 11.6 Å². The van der Waals surface area contributed by atoms with Gasteiger partial charge in [0.25, 0.3) is 6.43 Å². The fraction of sp³-hybridized carbons (Fsp3) is 0.360. The number of pyridine rings is 1. The first kappa shape index (κ1) is 23.0. The van der Waals surface area contributed by atoms with Crippen LogP contribution in [0.25, 0.3) is 10.9 Å². The summed E-state index contributed by atoms with van der Waals surface area (Å²) in [6, 6.07) is 2.29. The predicted molar refractivity (Wildman–Crippen MR) is 123 cm³/mol. The van der Waals surface area contributed by atoms with Crippen molar-refractivity contribution in [3.8, 4) is 11.8 Å². The first-order valence-electron chi connectivity index (χ1n) is 11.3. The number of fused-ring (bicyclic) bond motifs is 2. The van der Waals surface area contributed by atoms with Crippen LogP contribution in [-0.4, -0.2) is 33.3 Å². The van der Waals surface area contributed by atoms with Gasteiger partial charge in [0.2, 0.25) is 5.62 Å². The highest BCUT2D eigenvalue weighted by Crippen LogP contribution is 2.50. The molecule has 1 aliphatic heterocycles. The standard InChI is InChI=1S/C25H22F4N6/c1-14(30)35-18-6-5-17(26)21(27)20(18)22(33-24(35)31)34-11-3-2-4-16-15(12-32-13-19(16)34)7-8-25(9-10-25)23(28)29/h5-6,12-13,23,30-31H,2-4,9-11H2,1H3. The number of nitrogens with one attached hydrogen (secondary N) is 2. The Morgan fingerprint density at radius 2 is 1.94 bits per heavy atom. The Bertz CT molecular complexity index is 1480. The maximum Gasteiger partial charge on any atom is 0.254 e. The number of halogens is 4. The van der Waals surface area contributed by atoms with E-state index in [4.69, 9.17) is 10.8 Å². The Kier molecular flexibility index (Phi) is 5.58. The number of hydrogen-bond donors (Lipinski definition) is 2. The highest BCUT2D eigenvalue weighted by atomic mass is 19.3. The van der Waals surface area contributed by atoms with E-state index in [0.717, 1.165) is 22.6 Å². The van der Waals surface area contributed by atoms with Crippen molar-refractivity contribution in [2.75, 3.05) is 11.4 Å². The second-order valence-corrected chi connectivity index (χ2v) is 8.94. The molecule has 3 heterocycles. The fourth-order valence-corrected chi connectivity index (χ4v) is 4.51. The molecule has 5 rings (SSSR count). The number of nitrogens with zero attached hydrogens (tertiary/aromatic N) is 4. The molecule has 3 aromatic rings. The minimum Gasteiger partial charge on any atom is -0.324 e. The Balaban J connectivity index is 1.72. The Morgan fingerprint density at radius 3 is 2.63 bits per heavy atom. The smallest absolute Gasteiger partial charge is 0.254 e. The summed E-state index contributed by atoms with van der Waals surface area (Å²) in [6.45, 7) is 1.83. The summed E-state index contributed by atoms with van der Waals surface area (Å²) in [6.07, 6.45) is 3.37. The molecule has 0 radical (unpaired) electrons. The van der Waals surface area contributed by atoms with Crippen molar-refractivity contribution in [2.24, 2.45) is 5.41 Å². The van der Waals surface area contributed by atoms with Crippen LogP contribution < -0.4 is 10.5 Å². The molecule has 180 valence electrons. The molecule has 1 aromatic carbocycles. The van der Waals surface area contributed by atoms with Gasteiger partial charge < -0.3 is 4.90 Å². The molecule has 0 saturated heterocycles. The quantitative estimate of drug-likeness (QED) is 0.236. The highest BCUT2D eigenvalue weighted by Gasteiger charge is 2.50. The second kappa shape index (κ2) is 8.48. The van der Waals surface area contributed by atoms with Crippen molar-refractivity contribution in [3.05, 3.63) is 52.9 Å². The maximum absolute atomic E-state index is 15.2. The first-order valence-corrected chi connectivity index (χ1v) is 11.3. The molecule has 2 aliphatic rings. The number of benzene rings is 1. The molecular weight excluding hydrogens is 460 g/mol. The van der Waals surface area contributed by atoms with Gasteiger partial charge in [-0.15, -0.1) is 0 Å². The van der Waals surface area contributed by atoms with E-state index in [1.54, 1.807) is 11.1 Å². The summed E-state index contributed by atoms with van der Waals surface area (Å²) in [7, 11) is 0. The third-order valence-electron chi connectivity index (χ3n) is 6.59. The lowest BCUT2D eigenvalue weighted by Gasteiger charge is -2.26. The molecule has 2 N–H and O–H groups in total. The molecule has 0 spiro atoms. The van der Waals surface area contributed by atoms with Crippen LogP contribution in [0.2, 0.25) is 0 Å². The lowest BCUT2D eigenvalue weighted by molar-refractivity contribution is 0.0921. The molecule has 0 amide bonds. The Labute approximate surface area is 198 Å². The minimum atomic E-state index is -2.51. The van der Waals surface area contributed by atoms with Crippen molar-refractivity contribution in [3.63, 3.8) is 0 Å². The Hall–Kier alpha value is -3.74. The van der Waals surface area contributed by atoms with Crippen LogP contribution in [-0.2, 0) is 6.42 Å². The monoisotopic (exact) mass is 482 g/mol. The summed E-state index contributed by atoms with van der Waals surface area (Å²) in [5.41, 5.74) is 0.445. The van der Waals surface area contributed by atoms with Crippen molar-refractivity contribution in [2.45, 2.75) is 45.5 Å². The normalized spacial score (nSPS) is 16.5. The molecule has 6 nitrogen and oxygen atoms in total. The van der Waals surface area contributed by atoms with Crippen LogP contribution in [0.4, 0.5) is 29.1 Å². The van der Waals surface area contributed by atoms with Crippen molar-refractivity contribution in [1.82, 2.24) is 14.5 Å². The van der Waals surface area contributed by atoms with Gasteiger partial charge >= 0.3 is 0 Å². The third-order valence-corrected chi connectivity index (χ3v) is 6.59. The zero-order valence-electron chi connectivity index (χ0n) is 18.9. The SMILES string of the molecule is CC(=N)n1c(=N)nc(N2CCCCc3c(C#CC4(C(F)F)CC4)cncc32)c2c(F)c(F)ccc21. The molecule has 2 aromatic heterocycles. The van der Waals surface area contributed by atoms with E-state index >= 15 is 4.39 Å². The predicted octanol–water partition coefficient (Wildman–Crippen LogP) is 4.91. The van der Waals surface area contributed by atoms with Crippen LogP contribution >= 0.6 is 0 Å². The van der Waals surface area contributed by atoms with Gasteiger partial charge in [-0.3, -0.25) is 20.4 Å². The van der Waals surface area contributed by atoms with E-state index in [-0.39, 0.29) is 28.2 Å². The topological polar surface area (TPSA) is 81.7 Å². The first-order chi connectivity index (χ1) is 16.7. The average Bonchev–Trinajstić information content (AvgIpc) is 3.63. The lowest BCUT2D eigenvalue weighted by Crippen LogP contribution is -2.31. The largest absolute Gasteiger partial charge is 0.324 e. The van der Waals surface area contributed by atoms with Crippen LogP contribution in [0.3, 0.4) is 0 Å². The zero-order valence-corrected chi connectivity index (χ0v) is 18.9. The van der Waals surface area contributed by atoms with E-state index in [9.17, 15) is 13.2 Å². The van der Waals surface area contributed by atoms with Crippen LogP contribution in [0.5, 0.6) is 0 Å². The highest BCUT2D eigenvalue weighted by molar-refractivity contribution is 5.98. The number of anilines is 2. The summed E-state index contributed by atoms with van der Waals surface area (Å²) in [5.74, 6) is 3.44. The van der Waals surface area contributed by atoms with E-state index in [0.29, 0.717) is 43.5 Å². The van der Waals surface area contributed by atoms with Crippen LogP contribution in [0, 0.1) is 39.7 Å². The van der Waals surface area contributed by atoms with E-state index in [1.165, 1.54) is 19.2 Å². The van der Waals surface area contributed by atoms with Gasteiger partial charge in [0, 0.05) is 18.3 Å². The molecule has 1 aliphatic carbocycles. The van der Waals surface area contributed by atoms with E-state index < -0.39 is 23.5 Å². The average molecular weight is 482 g/mol. The van der Waals surface area contributed by atoms with Crippen molar-refractivity contribution < 1.29 is 17.6 Å². The van der Waals surface area contributed by atoms with Gasteiger partial charge in [-0.2, -0.15) is 4.98 Å². The summed E-state index contributed by atoms with van der Waals surface area (Å²) in [5, 5.41) is 16.2. The third kappa shape index (κ3) is 3.85. The minimum absolute atomic E-state index is 0.0424. The van der Waals surface area contributed by atoms with Gasteiger partial charge in [0.05, 0.1) is 28.2 Å². The second-order valence-electron chi connectivity index (χ2n) is 8.94. The molecule has 0 unspecified atom stereocenters. The van der Waals surface area contributed by atoms with Crippen molar-refractivity contribution >= 4 is 28.2 Å². The molecule has 35 heavy (non-hydrogen) atoms. The molecule has 0 bridgehead atoms. The van der Waals surface area contributed by atoms with Crippen LogP contribution in [0.15, 0.2) is 24.5 Å². The molecule has 1 fully saturated rings. The maximum atomic E-state index is 15.2. The van der Waals surface area contributed by atoms with Crippen LogP contribution in [0.1, 0.15) is 43.7 Å². The molecular formula is C25H22F4N6. The molecule has 10 heteroatoms. The van der Waals surface area contributed by atoms with E-state index in [2.05, 4.69) is 21.8 Å². The van der Waals surface area contributed by atoms with E-state index in [1.807, 2.05) is 0 Å².